The molecular weight excluding hydrogens is 1100 g/mol. The second kappa shape index (κ2) is 42.9. The molecular formula is C90H152O. The van der Waals surface area contributed by atoms with E-state index in [2.05, 4.69) is 232 Å². The first-order valence-electron chi connectivity index (χ1n) is 37.8. The van der Waals surface area contributed by atoms with Gasteiger partial charge in [-0.3, -0.25) is 0 Å². The van der Waals surface area contributed by atoms with E-state index < -0.39 is 5.60 Å². The van der Waals surface area contributed by atoms with Gasteiger partial charge < -0.3 is 5.11 Å². The summed E-state index contributed by atoms with van der Waals surface area (Å²) in [6, 6.07) is 0. The van der Waals surface area contributed by atoms with Crippen LogP contribution in [0.5, 0.6) is 0 Å². The molecule has 518 valence electrons. The molecule has 1 N–H and O–H groups in total. The van der Waals surface area contributed by atoms with Crippen molar-refractivity contribution in [3.8, 4) is 0 Å². The van der Waals surface area contributed by atoms with Crippen molar-refractivity contribution in [3.63, 3.8) is 0 Å². The number of aliphatic hydroxyl groups is 1. The summed E-state index contributed by atoms with van der Waals surface area (Å²) < 4.78 is 0. The standard InChI is InChI=1S/C30H52O.2C30H50/c1-22(15-16-24-23(2)13-10-18-27(24,3)4)12-9-14-26-29(7)20-11-19-28(5,6)25(29)17-21-30(26,8)31;1-24(2)14-11-17-26(4)19-12-18-25(3)15-9-10-16-27(5)21-22-29-28(6)20-13-23-30(29,7)8;1-25(2)15-11-19-29(7)23-13-21-27(5)17-9-10-18-28(6)22-14-24-30(8)20-12-16-26(3)4/h12,24-26,31H,2,9-11,13-21H2,1,3-8H3;14-16,19,29H,6,9-13,17-18,20-23H2,1-5,7-8H3;15-18,23-24H,9-14,19-22H2,1-8H3/b22-12+;25-15+,26-19+,27-16+;27-17+,28-18+,29-23+,30-24+/t24-,25+,26-,29+,30-;29-;/m11./s1. The molecule has 0 heterocycles. The quantitative estimate of drug-likeness (QED) is 0.0513. The molecule has 0 bridgehead atoms. The van der Waals surface area contributed by atoms with E-state index in [1.165, 1.54) is 260 Å². The lowest BCUT2D eigenvalue weighted by Crippen LogP contribution is -2.57. The van der Waals surface area contributed by atoms with Gasteiger partial charge >= 0.3 is 0 Å². The molecule has 4 aliphatic carbocycles. The molecule has 0 aromatic carbocycles. The van der Waals surface area contributed by atoms with Gasteiger partial charge in [-0.25, -0.2) is 0 Å². The Morgan fingerprint density at radius 1 is 0.341 bits per heavy atom. The molecule has 4 rings (SSSR count). The Labute approximate surface area is 569 Å². The Morgan fingerprint density at radius 3 is 0.945 bits per heavy atom. The first-order chi connectivity index (χ1) is 42.6. The summed E-state index contributed by atoms with van der Waals surface area (Å²) in [4.78, 5) is 0. The number of allylic oxidation sites excluding steroid dienone is 24. The van der Waals surface area contributed by atoms with Crippen molar-refractivity contribution < 1.29 is 5.11 Å². The van der Waals surface area contributed by atoms with E-state index in [1.807, 2.05) is 0 Å². The predicted molar refractivity (Wildman–Crippen MR) is 413 cm³/mol. The van der Waals surface area contributed by atoms with Gasteiger partial charge in [-0.15, -0.1) is 0 Å². The second-order valence-electron chi connectivity index (χ2n) is 33.7. The van der Waals surface area contributed by atoms with Crippen molar-refractivity contribution >= 4 is 0 Å². The van der Waals surface area contributed by atoms with Gasteiger partial charge in [0.25, 0.3) is 0 Å². The van der Waals surface area contributed by atoms with Crippen molar-refractivity contribution in [1.82, 2.24) is 0 Å². The molecule has 0 unspecified atom stereocenters. The van der Waals surface area contributed by atoms with Crippen molar-refractivity contribution in [3.05, 3.63) is 152 Å². The van der Waals surface area contributed by atoms with Gasteiger partial charge in [-0.05, 0) is 355 Å². The maximum absolute atomic E-state index is 11.4. The predicted octanol–water partition coefficient (Wildman–Crippen LogP) is 29.8. The first kappa shape index (κ1) is 83.7. The summed E-state index contributed by atoms with van der Waals surface area (Å²) in [5.41, 5.74) is 20.6. The summed E-state index contributed by atoms with van der Waals surface area (Å²) in [6.07, 6.45) is 66.7. The Hall–Kier alpha value is -3.42. The fourth-order valence-electron chi connectivity index (χ4n) is 16.6. The van der Waals surface area contributed by atoms with E-state index in [1.54, 1.807) is 5.57 Å². The zero-order valence-electron chi connectivity index (χ0n) is 64.9. The van der Waals surface area contributed by atoms with Crippen LogP contribution in [0.15, 0.2) is 152 Å². The molecule has 4 aliphatic rings. The van der Waals surface area contributed by atoms with Crippen LogP contribution >= 0.6 is 0 Å². The number of rotatable bonds is 33. The zero-order valence-corrected chi connectivity index (χ0v) is 64.9. The van der Waals surface area contributed by atoms with Crippen LogP contribution < -0.4 is 0 Å². The normalized spacial score (nSPS) is 25.0. The lowest BCUT2D eigenvalue weighted by Gasteiger charge is -2.61. The average Bonchev–Trinajstić information content (AvgIpc) is 0.732. The highest BCUT2D eigenvalue weighted by molar-refractivity contribution is 5.15. The van der Waals surface area contributed by atoms with E-state index in [4.69, 9.17) is 0 Å². The molecule has 4 saturated carbocycles. The lowest BCUT2D eigenvalue weighted by molar-refractivity contribution is -0.168. The van der Waals surface area contributed by atoms with E-state index in [0.29, 0.717) is 34.0 Å². The Balaban J connectivity index is 0.000000465. The summed E-state index contributed by atoms with van der Waals surface area (Å²) in [5, 5.41) is 11.4. The van der Waals surface area contributed by atoms with Gasteiger partial charge in [0, 0.05) is 0 Å². The van der Waals surface area contributed by atoms with Crippen LogP contribution in [0.2, 0.25) is 0 Å². The summed E-state index contributed by atoms with van der Waals surface area (Å²) in [6.45, 7) is 59.6. The molecule has 0 saturated heterocycles. The minimum absolute atomic E-state index is 0.287. The minimum atomic E-state index is -0.510. The maximum atomic E-state index is 11.4. The van der Waals surface area contributed by atoms with Crippen LogP contribution in [-0.4, -0.2) is 10.7 Å². The first-order valence-corrected chi connectivity index (χ1v) is 37.8. The molecule has 6 atom stereocenters. The van der Waals surface area contributed by atoms with Crippen LogP contribution in [0.1, 0.15) is 364 Å². The van der Waals surface area contributed by atoms with Gasteiger partial charge in [-0.1, -0.05) is 207 Å². The molecule has 4 fully saturated rings. The van der Waals surface area contributed by atoms with Crippen LogP contribution in [-0.2, 0) is 0 Å². The highest BCUT2D eigenvalue weighted by Crippen LogP contribution is 2.63. The summed E-state index contributed by atoms with van der Waals surface area (Å²) >= 11 is 0. The van der Waals surface area contributed by atoms with Crippen LogP contribution in [0.4, 0.5) is 0 Å². The van der Waals surface area contributed by atoms with Crippen LogP contribution in [0.3, 0.4) is 0 Å². The smallest absolute Gasteiger partial charge is 0.0653 e. The number of fused-ring (bicyclic) bond motifs is 1. The average molecular weight is 1250 g/mol. The SMILES string of the molecule is C=C1CCCC(C)(C)[C@@H]1CC/C(C)=C/CC/C=C(\C)CC/C=C(\C)CCC=C(C)C.C=C1CCCC(C)(C)[C@@H]1CC/C(C)=C/CC[C@@H]1[C@@]2(C)CCCC(C)(C)[C@@H]2CC[C@@]1(C)O.CC(C)=CCC/C(C)=C/CC/C(C)=C/CC/C=C(\C)CC/C=C(\C)CCC=C(C)C. The molecule has 0 amide bonds. The van der Waals surface area contributed by atoms with Crippen molar-refractivity contribution in [2.75, 3.05) is 0 Å². The van der Waals surface area contributed by atoms with Gasteiger partial charge in [0.15, 0.2) is 0 Å². The Morgan fingerprint density at radius 2 is 0.626 bits per heavy atom. The van der Waals surface area contributed by atoms with Crippen LogP contribution in [0.25, 0.3) is 0 Å². The van der Waals surface area contributed by atoms with E-state index >= 15 is 0 Å². The Bertz CT molecular complexity index is 2460. The molecule has 1 heteroatoms. The van der Waals surface area contributed by atoms with Gasteiger partial charge in [-0.2, -0.15) is 0 Å². The molecule has 91 heavy (non-hydrogen) atoms. The zero-order chi connectivity index (χ0) is 68.4. The summed E-state index contributed by atoms with van der Waals surface area (Å²) in [5.74, 6) is 2.55. The molecule has 1 nitrogen and oxygen atoms in total. The largest absolute Gasteiger partial charge is 0.390 e. The monoisotopic (exact) mass is 1250 g/mol. The van der Waals surface area contributed by atoms with Crippen molar-refractivity contribution in [2.45, 2.75) is 370 Å². The minimum Gasteiger partial charge on any atom is -0.390 e. The molecule has 0 aromatic rings. The Kier molecular flexibility index (Phi) is 39.4. The number of hydrogen-bond donors (Lipinski definition) is 1. The number of hydrogen-bond acceptors (Lipinski definition) is 1. The number of unbranched alkanes of at least 4 members (excludes halogenated alkanes) is 2. The van der Waals surface area contributed by atoms with E-state index in [9.17, 15) is 5.11 Å². The molecule has 0 radical (unpaired) electrons. The fraction of sp³-hybridized carbons (Fsp3) is 0.711. The van der Waals surface area contributed by atoms with E-state index in [0.717, 1.165) is 25.2 Å². The highest BCUT2D eigenvalue weighted by Gasteiger charge is 2.57. The van der Waals surface area contributed by atoms with Crippen LogP contribution in [0, 0.1) is 45.3 Å². The van der Waals surface area contributed by atoms with Crippen molar-refractivity contribution in [2.24, 2.45) is 45.3 Å². The second-order valence-corrected chi connectivity index (χ2v) is 33.7. The highest BCUT2D eigenvalue weighted by atomic mass is 16.3. The third kappa shape index (κ3) is 34.2. The maximum Gasteiger partial charge on any atom is 0.0653 e. The lowest BCUT2D eigenvalue weighted by atomic mass is 9.45. The fourth-order valence-corrected chi connectivity index (χ4v) is 16.6. The topological polar surface area (TPSA) is 20.2 Å². The molecule has 0 aromatic heterocycles. The van der Waals surface area contributed by atoms with Gasteiger partial charge in [0.05, 0.1) is 5.60 Å². The van der Waals surface area contributed by atoms with Gasteiger partial charge in [0.2, 0.25) is 0 Å². The van der Waals surface area contributed by atoms with Gasteiger partial charge in [0.1, 0.15) is 0 Å². The van der Waals surface area contributed by atoms with E-state index in [-0.39, 0.29) is 5.41 Å². The molecule has 0 aliphatic heterocycles. The third-order valence-electron chi connectivity index (χ3n) is 22.5. The van der Waals surface area contributed by atoms with Crippen molar-refractivity contribution in [1.29, 1.82) is 0 Å². The third-order valence-corrected chi connectivity index (χ3v) is 22.5. The summed E-state index contributed by atoms with van der Waals surface area (Å²) in [7, 11) is 0. The molecule has 0 spiro atoms.